The number of hydrogen-bond acceptors (Lipinski definition) is 4. The Hall–Kier alpha value is -0.680. The van der Waals surface area contributed by atoms with Crippen LogP contribution in [0, 0.1) is 6.92 Å². The van der Waals surface area contributed by atoms with Crippen molar-refractivity contribution in [2.24, 2.45) is 0 Å². The molecule has 1 N–H and O–H groups in total. The number of nitrogens with zero attached hydrogens (tertiary/aromatic N) is 2. The largest absolute Gasteiger partial charge is 0.382 e. The Labute approximate surface area is 120 Å². The molecule has 0 spiro atoms. The van der Waals surface area contributed by atoms with Gasteiger partial charge in [0.2, 0.25) is 5.95 Å². The molecule has 0 aromatic carbocycles. The first-order valence-corrected chi connectivity index (χ1v) is 8.31. The molecule has 1 aliphatic heterocycles. The molecule has 2 heterocycles. The number of rotatable bonds is 8. The molecule has 0 aliphatic carbocycles. The third-order valence-electron chi connectivity index (χ3n) is 3.30. The molecule has 19 heavy (non-hydrogen) atoms. The maximum absolute atomic E-state index is 5.39. The highest BCUT2D eigenvalue weighted by atomic mass is 32.2. The Bertz CT molecular complexity index is 375. The van der Waals surface area contributed by atoms with E-state index in [1.807, 2.05) is 6.92 Å². The van der Waals surface area contributed by atoms with E-state index in [-0.39, 0.29) is 0 Å². The summed E-state index contributed by atoms with van der Waals surface area (Å²) in [6, 6.07) is 0. The maximum atomic E-state index is 5.39. The fourth-order valence-corrected chi connectivity index (χ4v) is 3.55. The molecule has 108 valence electrons. The van der Waals surface area contributed by atoms with Crippen LogP contribution in [-0.2, 0) is 11.3 Å². The van der Waals surface area contributed by atoms with Crippen molar-refractivity contribution in [2.45, 2.75) is 44.9 Å². The molecule has 1 aromatic rings. The summed E-state index contributed by atoms with van der Waals surface area (Å²) in [5.41, 5.74) is 1.08. The number of nitrogens with one attached hydrogen (secondary N) is 1. The first-order chi connectivity index (χ1) is 9.29. The number of hydrogen-bond donors (Lipinski definition) is 1. The molecule has 1 aliphatic rings. The van der Waals surface area contributed by atoms with Crippen LogP contribution >= 0.6 is 11.8 Å². The number of aryl methyl sites for hydroxylation is 2. The average molecular weight is 283 g/mol. The van der Waals surface area contributed by atoms with Gasteiger partial charge in [0.1, 0.15) is 0 Å². The minimum absolute atomic E-state index is 0.758. The molecule has 1 fully saturated rings. The maximum Gasteiger partial charge on any atom is 0.203 e. The van der Waals surface area contributed by atoms with Crippen LogP contribution in [0.25, 0.3) is 0 Å². The predicted molar refractivity (Wildman–Crippen MR) is 82.0 cm³/mol. The molecular weight excluding hydrogens is 258 g/mol. The van der Waals surface area contributed by atoms with Gasteiger partial charge in [0, 0.05) is 37.8 Å². The summed E-state index contributed by atoms with van der Waals surface area (Å²) in [7, 11) is 0. The molecule has 0 saturated carbocycles. The van der Waals surface area contributed by atoms with E-state index in [4.69, 9.17) is 4.74 Å². The Morgan fingerprint density at radius 2 is 2.47 bits per heavy atom. The summed E-state index contributed by atoms with van der Waals surface area (Å²) in [5, 5.41) is 4.27. The van der Waals surface area contributed by atoms with E-state index < -0.39 is 0 Å². The van der Waals surface area contributed by atoms with Gasteiger partial charge in [-0.2, -0.15) is 11.8 Å². The van der Waals surface area contributed by atoms with E-state index in [1.165, 1.54) is 18.6 Å². The zero-order valence-corrected chi connectivity index (χ0v) is 12.8. The molecule has 4 nitrogen and oxygen atoms in total. The molecule has 5 heteroatoms. The van der Waals surface area contributed by atoms with E-state index in [0.29, 0.717) is 0 Å². The van der Waals surface area contributed by atoms with E-state index in [1.54, 1.807) is 0 Å². The molecule has 0 bridgehead atoms. The van der Waals surface area contributed by atoms with E-state index >= 15 is 0 Å². The standard InChI is InChI=1S/C14H25N3OS/c1-3-18-8-5-7-17-11-12(2)16-14(17)15-10-13-6-4-9-19-13/h11,13H,3-10H2,1-2H3,(H,15,16). The summed E-state index contributed by atoms with van der Waals surface area (Å²) < 4.78 is 7.60. The Kier molecular flexibility index (Phi) is 6.04. The lowest BCUT2D eigenvalue weighted by molar-refractivity contribution is 0.142. The molecule has 2 rings (SSSR count). The van der Waals surface area contributed by atoms with Crippen LogP contribution in [0.3, 0.4) is 0 Å². The number of ether oxygens (including phenoxy) is 1. The quantitative estimate of drug-likeness (QED) is 0.745. The van der Waals surface area contributed by atoms with Crippen LogP contribution in [0.4, 0.5) is 5.95 Å². The third-order valence-corrected chi connectivity index (χ3v) is 4.70. The topological polar surface area (TPSA) is 39.1 Å². The molecule has 1 aromatic heterocycles. The summed E-state index contributed by atoms with van der Waals surface area (Å²) in [6.45, 7) is 7.72. The van der Waals surface area contributed by atoms with Crippen LogP contribution in [0.15, 0.2) is 6.20 Å². The van der Waals surface area contributed by atoms with Gasteiger partial charge in [-0.3, -0.25) is 0 Å². The van der Waals surface area contributed by atoms with Gasteiger partial charge in [-0.15, -0.1) is 0 Å². The van der Waals surface area contributed by atoms with E-state index in [2.05, 4.69) is 39.8 Å². The minimum Gasteiger partial charge on any atom is -0.382 e. The fraction of sp³-hybridized carbons (Fsp3) is 0.786. The Morgan fingerprint density at radius 1 is 1.58 bits per heavy atom. The van der Waals surface area contributed by atoms with Crippen molar-refractivity contribution in [3.8, 4) is 0 Å². The number of anilines is 1. The lowest BCUT2D eigenvalue weighted by Crippen LogP contribution is -2.17. The van der Waals surface area contributed by atoms with Crippen LogP contribution in [0.5, 0.6) is 0 Å². The normalized spacial score (nSPS) is 18.9. The second-order valence-corrected chi connectivity index (χ2v) is 6.37. The molecule has 0 radical (unpaired) electrons. The summed E-state index contributed by atoms with van der Waals surface area (Å²) in [5.74, 6) is 2.33. The second-order valence-electron chi connectivity index (χ2n) is 4.97. The van der Waals surface area contributed by atoms with Gasteiger partial charge in [0.05, 0.1) is 5.69 Å². The predicted octanol–water partition coefficient (Wildman–Crippen LogP) is 2.93. The monoisotopic (exact) mass is 283 g/mol. The van der Waals surface area contributed by atoms with Gasteiger partial charge in [0.25, 0.3) is 0 Å². The van der Waals surface area contributed by atoms with Crippen molar-refractivity contribution in [1.29, 1.82) is 0 Å². The molecule has 1 saturated heterocycles. The first kappa shape index (κ1) is 14.7. The number of aromatic nitrogens is 2. The minimum atomic E-state index is 0.758. The fourth-order valence-electron chi connectivity index (χ4n) is 2.35. The van der Waals surface area contributed by atoms with Crippen molar-refractivity contribution >= 4 is 17.7 Å². The van der Waals surface area contributed by atoms with E-state index in [0.717, 1.165) is 49.6 Å². The highest BCUT2D eigenvalue weighted by Gasteiger charge is 2.16. The lowest BCUT2D eigenvalue weighted by atomic mass is 10.2. The van der Waals surface area contributed by atoms with Gasteiger partial charge >= 0.3 is 0 Å². The molecule has 0 amide bonds. The highest BCUT2D eigenvalue weighted by Crippen LogP contribution is 2.26. The third kappa shape index (κ3) is 4.73. The van der Waals surface area contributed by atoms with Crippen LogP contribution in [0.1, 0.15) is 31.9 Å². The van der Waals surface area contributed by atoms with Crippen LogP contribution < -0.4 is 5.32 Å². The van der Waals surface area contributed by atoms with Gasteiger partial charge in [-0.05, 0) is 38.9 Å². The first-order valence-electron chi connectivity index (χ1n) is 7.26. The van der Waals surface area contributed by atoms with Crippen molar-refractivity contribution in [1.82, 2.24) is 9.55 Å². The SMILES string of the molecule is CCOCCCn1cc(C)nc1NCC1CCCS1. The zero-order valence-electron chi connectivity index (χ0n) is 12.0. The Balaban J connectivity index is 1.80. The van der Waals surface area contributed by atoms with Gasteiger partial charge in [-0.1, -0.05) is 0 Å². The van der Waals surface area contributed by atoms with Crippen LogP contribution in [-0.4, -0.2) is 40.3 Å². The Morgan fingerprint density at radius 3 is 3.21 bits per heavy atom. The van der Waals surface area contributed by atoms with Crippen LogP contribution in [0.2, 0.25) is 0 Å². The smallest absolute Gasteiger partial charge is 0.203 e. The molecule has 1 atom stereocenters. The summed E-state index contributed by atoms with van der Waals surface area (Å²) in [6.07, 6.45) is 5.85. The zero-order chi connectivity index (χ0) is 13.5. The van der Waals surface area contributed by atoms with E-state index in [9.17, 15) is 0 Å². The number of thioether (sulfide) groups is 1. The molecule has 1 unspecified atom stereocenters. The van der Waals surface area contributed by atoms with Crippen molar-refractivity contribution < 1.29 is 4.74 Å². The van der Waals surface area contributed by atoms with Crippen molar-refractivity contribution in [2.75, 3.05) is 30.8 Å². The van der Waals surface area contributed by atoms with Gasteiger partial charge < -0.3 is 14.6 Å². The molecular formula is C14H25N3OS. The van der Waals surface area contributed by atoms with Crippen molar-refractivity contribution in [3.63, 3.8) is 0 Å². The van der Waals surface area contributed by atoms with Gasteiger partial charge in [0.15, 0.2) is 0 Å². The highest BCUT2D eigenvalue weighted by molar-refractivity contribution is 8.00. The summed E-state index contributed by atoms with van der Waals surface area (Å²) >= 11 is 2.08. The van der Waals surface area contributed by atoms with Crippen molar-refractivity contribution in [3.05, 3.63) is 11.9 Å². The average Bonchev–Trinajstić information content (AvgIpc) is 3.02. The number of imidazole rings is 1. The summed E-state index contributed by atoms with van der Waals surface area (Å²) in [4.78, 5) is 4.57. The lowest BCUT2D eigenvalue weighted by Gasteiger charge is -2.12. The van der Waals surface area contributed by atoms with Gasteiger partial charge in [-0.25, -0.2) is 4.98 Å². The second kappa shape index (κ2) is 7.80.